The van der Waals surface area contributed by atoms with Gasteiger partial charge in [-0.25, -0.2) is 9.59 Å². The quantitative estimate of drug-likeness (QED) is 0.107. The summed E-state index contributed by atoms with van der Waals surface area (Å²) in [4.78, 5) is 72.8. The highest BCUT2D eigenvalue weighted by molar-refractivity contribution is 5.88. The number of esters is 4. The minimum Gasteiger partial charge on any atom is -0.461 e. The fourth-order valence-electron chi connectivity index (χ4n) is 3.32. The molecule has 0 aromatic heterocycles. The summed E-state index contributed by atoms with van der Waals surface area (Å²) in [6, 6.07) is 0. The van der Waals surface area contributed by atoms with Crippen LogP contribution in [0.15, 0.2) is 49.6 Å². The first-order chi connectivity index (χ1) is 18.1. The average molecular weight is 551 g/mol. The molecule has 0 N–H and O–H groups in total. The van der Waals surface area contributed by atoms with Gasteiger partial charge in [-0.2, -0.15) is 0 Å². The first-order valence-electron chi connectivity index (χ1n) is 12.0. The van der Waals surface area contributed by atoms with Crippen molar-refractivity contribution in [1.29, 1.82) is 0 Å². The van der Waals surface area contributed by atoms with Crippen LogP contribution in [0.4, 0.5) is 0 Å². The van der Waals surface area contributed by atoms with Crippen LogP contribution in [0.5, 0.6) is 0 Å². The highest BCUT2D eigenvalue weighted by Crippen LogP contribution is 2.25. The number of Topliss-reactive ketones (excluding diaryl/α,β-unsaturated/α-hetero) is 2. The lowest BCUT2D eigenvalue weighted by molar-refractivity contribution is -0.176. The number of ether oxygens (including phenoxy) is 5. The normalized spacial score (nSPS) is 15.1. The van der Waals surface area contributed by atoms with Gasteiger partial charge >= 0.3 is 23.9 Å². The van der Waals surface area contributed by atoms with E-state index in [9.17, 15) is 28.8 Å². The molecule has 0 saturated heterocycles. The maximum absolute atomic E-state index is 12.5. The van der Waals surface area contributed by atoms with Gasteiger partial charge in [-0.15, -0.1) is 13.2 Å². The fourth-order valence-corrected chi connectivity index (χ4v) is 3.32. The van der Waals surface area contributed by atoms with Crippen molar-refractivity contribution in [3.8, 4) is 0 Å². The molecule has 0 amide bonds. The topological polar surface area (TPSA) is 149 Å². The van der Waals surface area contributed by atoms with Crippen LogP contribution in [0.3, 0.4) is 0 Å². The zero-order valence-electron chi connectivity index (χ0n) is 23.4. The molecule has 0 saturated carbocycles. The Morgan fingerprint density at radius 1 is 0.615 bits per heavy atom. The molecule has 0 aromatic carbocycles. The molecule has 0 spiro atoms. The van der Waals surface area contributed by atoms with Crippen molar-refractivity contribution in [1.82, 2.24) is 0 Å². The number of ketones is 2. The molecule has 0 rings (SSSR count). The van der Waals surface area contributed by atoms with E-state index < -0.39 is 84.9 Å². The van der Waals surface area contributed by atoms with Crippen LogP contribution in [0.25, 0.3) is 0 Å². The average Bonchev–Trinajstić information content (AvgIpc) is 2.82. The van der Waals surface area contributed by atoms with Gasteiger partial charge in [0.1, 0.15) is 49.2 Å². The summed E-state index contributed by atoms with van der Waals surface area (Å²) >= 11 is 0. The number of carbonyl (C=O) groups is 6. The lowest BCUT2D eigenvalue weighted by atomic mass is 9.92. The van der Waals surface area contributed by atoms with Crippen LogP contribution in [-0.4, -0.2) is 73.1 Å². The number of hydrogen-bond donors (Lipinski definition) is 0. The molecule has 0 bridgehead atoms. The maximum atomic E-state index is 12.5. The van der Waals surface area contributed by atoms with Crippen LogP contribution in [0, 0.1) is 11.8 Å². The lowest BCUT2D eigenvalue weighted by Gasteiger charge is -2.35. The van der Waals surface area contributed by atoms with E-state index in [1.54, 1.807) is 0 Å². The molecule has 216 valence electrons. The molecule has 11 nitrogen and oxygen atoms in total. The number of rotatable bonds is 18. The summed E-state index contributed by atoms with van der Waals surface area (Å²) in [7, 11) is 0. The van der Waals surface area contributed by atoms with Crippen molar-refractivity contribution in [2.75, 3.05) is 13.2 Å². The van der Waals surface area contributed by atoms with Crippen LogP contribution in [-0.2, 0) is 52.5 Å². The van der Waals surface area contributed by atoms with Crippen LogP contribution >= 0.6 is 0 Å². The van der Waals surface area contributed by atoms with Gasteiger partial charge in [-0.1, -0.05) is 25.3 Å². The minimum atomic E-state index is -1.34. The van der Waals surface area contributed by atoms with Crippen LogP contribution in [0.2, 0.25) is 0 Å². The third-order valence-corrected chi connectivity index (χ3v) is 5.35. The molecule has 6 unspecified atom stereocenters. The highest BCUT2D eigenvalue weighted by atomic mass is 16.6. The van der Waals surface area contributed by atoms with Crippen LogP contribution in [0.1, 0.15) is 41.5 Å². The Labute approximate surface area is 228 Å². The van der Waals surface area contributed by atoms with E-state index in [1.807, 2.05) is 0 Å². The molecular weight excluding hydrogens is 512 g/mol. The van der Waals surface area contributed by atoms with Gasteiger partial charge in [0.2, 0.25) is 0 Å². The molecule has 0 heterocycles. The van der Waals surface area contributed by atoms with E-state index in [2.05, 4.69) is 26.3 Å². The second-order valence-corrected chi connectivity index (χ2v) is 8.88. The summed E-state index contributed by atoms with van der Waals surface area (Å²) < 4.78 is 27.1. The van der Waals surface area contributed by atoms with E-state index >= 15 is 0 Å². The largest absolute Gasteiger partial charge is 0.461 e. The standard InChI is InChI=1S/C28H38O11/c1-11-23(25(37-19(9)31)21(17(7)29)13-35-27(33)15(3)4)39-24(12-2)26(38-20(10)32)22(18(8)30)14-36-28(34)16(5)6/h11-12,21-26H,1-3,5,13-14H2,4,6-10H3. The predicted molar refractivity (Wildman–Crippen MR) is 140 cm³/mol. The zero-order valence-corrected chi connectivity index (χ0v) is 23.4. The smallest absolute Gasteiger partial charge is 0.333 e. The van der Waals surface area contributed by atoms with Crippen molar-refractivity contribution >= 4 is 35.4 Å². The van der Waals surface area contributed by atoms with E-state index in [4.69, 9.17) is 23.7 Å². The summed E-state index contributed by atoms with van der Waals surface area (Å²) in [6.45, 7) is 20.9. The second-order valence-electron chi connectivity index (χ2n) is 8.88. The Hall–Kier alpha value is -3.86. The Balaban J connectivity index is 6.38. The Morgan fingerprint density at radius 2 is 0.923 bits per heavy atom. The first-order valence-corrected chi connectivity index (χ1v) is 12.0. The summed E-state index contributed by atoms with van der Waals surface area (Å²) in [5.74, 6) is -6.41. The van der Waals surface area contributed by atoms with E-state index in [-0.39, 0.29) is 11.1 Å². The van der Waals surface area contributed by atoms with Gasteiger partial charge < -0.3 is 23.7 Å². The molecule has 0 fully saturated rings. The molecule has 0 aliphatic heterocycles. The molecule has 6 atom stereocenters. The van der Waals surface area contributed by atoms with E-state index in [0.29, 0.717) is 0 Å². The van der Waals surface area contributed by atoms with Gasteiger partial charge in [0, 0.05) is 25.0 Å². The van der Waals surface area contributed by atoms with Gasteiger partial charge in [0.15, 0.2) is 0 Å². The summed E-state index contributed by atoms with van der Waals surface area (Å²) in [5.41, 5.74) is 0.188. The second kappa shape index (κ2) is 16.9. The molecule has 11 heteroatoms. The van der Waals surface area contributed by atoms with Crippen molar-refractivity contribution in [2.45, 2.75) is 66.0 Å². The minimum absolute atomic E-state index is 0.0939. The number of carbonyl (C=O) groups excluding carboxylic acids is 6. The third kappa shape index (κ3) is 12.0. The molecule has 39 heavy (non-hydrogen) atoms. The Kier molecular flexibility index (Phi) is 15.2. The van der Waals surface area contributed by atoms with Gasteiger partial charge in [0.25, 0.3) is 0 Å². The van der Waals surface area contributed by atoms with Gasteiger partial charge in [-0.3, -0.25) is 19.2 Å². The molecule has 0 aromatic rings. The monoisotopic (exact) mass is 550 g/mol. The van der Waals surface area contributed by atoms with Crippen molar-refractivity contribution in [2.24, 2.45) is 11.8 Å². The molecule has 0 aliphatic carbocycles. The highest BCUT2D eigenvalue weighted by Gasteiger charge is 2.41. The van der Waals surface area contributed by atoms with Crippen molar-refractivity contribution in [3.63, 3.8) is 0 Å². The summed E-state index contributed by atoms with van der Waals surface area (Å²) in [6.07, 6.45) is -2.69. The lowest BCUT2D eigenvalue weighted by Crippen LogP contribution is -2.49. The maximum Gasteiger partial charge on any atom is 0.333 e. The number of hydrogen-bond acceptors (Lipinski definition) is 11. The van der Waals surface area contributed by atoms with E-state index in [1.165, 1.54) is 39.8 Å². The molecular formula is C28H38O11. The zero-order chi connectivity index (χ0) is 30.4. The summed E-state index contributed by atoms with van der Waals surface area (Å²) in [5, 5.41) is 0. The predicted octanol–water partition coefficient (Wildman–Crippen LogP) is 2.62. The van der Waals surface area contributed by atoms with Crippen molar-refractivity contribution < 1.29 is 52.5 Å². The molecule has 0 radical (unpaired) electrons. The van der Waals surface area contributed by atoms with Gasteiger partial charge in [0.05, 0.1) is 11.8 Å². The molecule has 0 aliphatic rings. The SMILES string of the molecule is C=CC(OC(C=C)C(OC(C)=O)C(COC(=O)C(=C)C)C(C)=O)C(OC(C)=O)C(COC(=O)C(=C)C)C(C)=O. The van der Waals surface area contributed by atoms with Gasteiger partial charge in [-0.05, 0) is 27.7 Å². The fraction of sp³-hybridized carbons (Fsp3) is 0.500. The van der Waals surface area contributed by atoms with Crippen molar-refractivity contribution in [3.05, 3.63) is 49.6 Å². The first kappa shape index (κ1) is 35.1. The Bertz CT molecular complexity index is 915. The third-order valence-electron chi connectivity index (χ3n) is 5.35. The Morgan fingerprint density at radius 3 is 1.13 bits per heavy atom. The van der Waals surface area contributed by atoms with E-state index in [0.717, 1.165) is 13.8 Å². The van der Waals surface area contributed by atoms with Crippen LogP contribution < -0.4 is 0 Å².